The van der Waals surface area contributed by atoms with Crippen LogP contribution in [-0.2, 0) is 14.4 Å². The van der Waals surface area contributed by atoms with Crippen molar-refractivity contribution in [3.05, 3.63) is 15.5 Å². The second kappa shape index (κ2) is 5.93. The van der Waals surface area contributed by atoms with Crippen LogP contribution >= 0.6 is 11.3 Å². The summed E-state index contributed by atoms with van der Waals surface area (Å²) in [6.07, 6.45) is -0.726. The highest BCUT2D eigenvalue weighted by Crippen LogP contribution is 2.20. The van der Waals surface area contributed by atoms with Gasteiger partial charge in [0.25, 0.3) is 5.91 Å². The molecule has 0 bridgehead atoms. The lowest BCUT2D eigenvalue weighted by molar-refractivity contribution is -0.389. The summed E-state index contributed by atoms with van der Waals surface area (Å²) in [7, 11) is 0. The fourth-order valence-corrected chi connectivity index (χ4v) is 1.54. The maximum absolute atomic E-state index is 11.2. The molecule has 96 valence electrons. The summed E-state index contributed by atoms with van der Waals surface area (Å²) in [5.74, 6) is -3.40. The van der Waals surface area contributed by atoms with Crippen LogP contribution in [0.4, 0.5) is 10.9 Å². The predicted octanol–water partition coefficient (Wildman–Crippen LogP) is -0.490. The van der Waals surface area contributed by atoms with E-state index >= 15 is 0 Å². The molecule has 0 saturated heterocycles. The molecule has 10 heteroatoms. The van der Waals surface area contributed by atoms with Crippen molar-refractivity contribution in [2.24, 2.45) is 0 Å². The normalized spacial score (nSPS) is 9.83. The molecule has 0 aliphatic heterocycles. The number of aromatic nitrogens is 1. The summed E-state index contributed by atoms with van der Waals surface area (Å²) in [5, 5.41) is 21.7. The number of nitrogens with one attached hydrogen (secondary N) is 1. The van der Waals surface area contributed by atoms with Gasteiger partial charge in [-0.15, -0.1) is 0 Å². The van der Waals surface area contributed by atoms with Gasteiger partial charge in [0.2, 0.25) is 5.78 Å². The second-order valence-corrected chi connectivity index (χ2v) is 3.88. The second-order valence-electron chi connectivity index (χ2n) is 3.02. The van der Waals surface area contributed by atoms with Crippen LogP contribution in [0.2, 0.25) is 0 Å². The fraction of sp³-hybridized carbons (Fsp3) is 0.250. The summed E-state index contributed by atoms with van der Waals surface area (Å²) in [5.41, 5.74) is 0. The summed E-state index contributed by atoms with van der Waals surface area (Å²) < 4.78 is 0. The predicted molar refractivity (Wildman–Crippen MR) is 59.1 cm³/mol. The molecule has 18 heavy (non-hydrogen) atoms. The molecule has 1 aromatic heterocycles. The highest BCUT2D eigenvalue weighted by atomic mass is 32.1. The minimum atomic E-state index is -1.11. The van der Waals surface area contributed by atoms with E-state index in [1.807, 2.05) is 5.32 Å². The van der Waals surface area contributed by atoms with Crippen molar-refractivity contribution in [1.29, 1.82) is 0 Å². The van der Waals surface area contributed by atoms with Crippen molar-refractivity contribution in [3.63, 3.8) is 0 Å². The number of amides is 1. The van der Waals surface area contributed by atoms with E-state index in [2.05, 4.69) is 4.98 Å². The Hall–Kier alpha value is -2.20. The molecule has 0 radical (unpaired) electrons. The fourth-order valence-electron chi connectivity index (χ4n) is 0.889. The van der Waals surface area contributed by atoms with Crippen molar-refractivity contribution in [2.45, 2.75) is 6.42 Å². The van der Waals surface area contributed by atoms with Crippen LogP contribution in [0.25, 0.3) is 0 Å². The minimum Gasteiger partial charge on any atom is -0.389 e. The summed E-state index contributed by atoms with van der Waals surface area (Å²) in [6.45, 7) is -0.832. The molecule has 0 spiro atoms. The van der Waals surface area contributed by atoms with Gasteiger partial charge in [-0.25, -0.2) is 0 Å². The van der Waals surface area contributed by atoms with Gasteiger partial charge in [0, 0.05) is 0 Å². The number of anilines is 1. The first-order valence-electron chi connectivity index (χ1n) is 4.50. The Labute approximate surface area is 104 Å². The zero-order chi connectivity index (χ0) is 13.7. The summed E-state index contributed by atoms with van der Waals surface area (Å²) >= 11 is 0.777. The Bertz CT molecular complexity index is 511. The SMILES string of the molecule is O=C(CO)CC(=O)C(=O)Nc1nc([N+](=O)[O-])cs1. The van der Waals surface area contributed by atoms with Gasteiger partial charge in [-0.3, -0.25) is 19.7 Å². The van der Waals surface area contributed by atoms with Crippen molar-refractivity contribution in [3.8, 4) is 0 Å². The average Bonchev–Trinajstić information content (AvgIpc) is 2.77. The van der Waals surface area contributed by atoms with Gasteiger partial charge in [0.15, 0.2) is 5.78 Å². The smallest absolute Gasteiger partial charge is 0.376 e. The van der Waals surface area contributed by atoms with Crippen molar-refractivity contribution < 1.29 is 24.4 Å². The van der Waals surface area contributed by atoms with Gasteiger partial charge >= 0.3 is 10.9 Å². The van der Waals surface area contributed by atoms with Crippen LogP contribution in [0, 0.1) is 10.1 Å². The molecule has 0 aliphatic rings. The van der Waals surface area contributed by atoms with Crippen molar-refractivity contribution in [1.82, 2.24) is 4.98 Å². The molecule has 1 rings (SSSR count). The third-order valence-corrected chi connectivity index (χ3v) is 2.43. The zero-order valence-corrected chi connectivity index (χ0v) is 9.60. The topological polar surface area (TPSA) is 140 Å². The number of thiazole rings is 1. The lowest BCUT2D eigenvalue weighted by Gasteiger charge is -1.96. The highest BCUT2D eigenvalue weighted by molar-refractivity contribution is 7.14. The molecular formula is C8H7N3O6S. The van der Waals surface area contributed by atoms with Crippen molar-refractivity contribution in [2.75, 3.05) is 11.9 Å². The molecule has 0 unspecified atom stereocenters. The van der Waals surface area contributed by atoms with Crippen LogP contribution < -0.4 is 5.32 Å². The highest BCUT2D eigenvalue weighted by Gasteiger charge is 2.21. The van der Waals surface area contributed by atoms with E-state index in [1.54, 1.807) is 0 Å². The van der Waals surface area contributed by atoms with E-state index in [9.17, 15) is 24.5 Å². The number of Topliss-reactive ketones (excluding diaryl/α,β-unsaturated/α-hetero) is 2. The van der Waals surface area contributed by atoms with E-state index in [0.29, 0.717) is 0 Å². The summed E-state index contributed by atoms with van der Waals surface area (Å²) in [6, 6.07) is 0. The molecule has 0 atom stereocenters. The lowest BCUT2D eigenvalue weighted by Crippen LogP contribution is -2.25. The van der Waals surface area contributed by atoms with Gasteiger partial charge in [-0.2, -0.15) is 0 Å². The number of hydrogen-bond acceptors (Lipinski definition) is 8. The average molecular weight is 273 g/mol. The first-order chi connectivity index (χ1) is 8.43. The molecule has 1 aromatic rings. The Morgan fingerprint density at radius 3 is 2.67 bits per heavy atom. The van der Waals surface area contributed by atoms with Crippen LogP contribution in [0.5, 0.6) is 0 Å². The number of hydrogen-bond donors (Lipinski definition) is 2. The molecule has 1 heterocycles. The Kier molecular flexibility index (Phi) is 4.57. The van der Waals surface area contributed by atoms with Gasteiger partial charge in [0.05, 0.1) is 11.8 Å². The third-order valence-electron chi connectivity index (χ3n) is 1.69. The number of rotatable bonds is 6. The quantitative estimate of drug-likeness (QED) is 0.308. The first kappa shape index (κ1) is 13.9. The maximum atomic E-state index is 11.2. The number of aliphatic hydroxyl groups is 1. The van der Waals surface area contributed by atoms with Gasteiger partial charge in [0.1, 0.15) is 6.61 Å². The summed E-state index contributed by atoms with van der Waals surface area (Å²) in [4.78, 5) is 46.1. The first-order valence-corrected chi connectivity index (χ1v) is 5.38. The molecule has 0 aliphatic carbocycles. The van der Waals surface area contributed by atoms with Gasteiger partial charge in [-0.05, 0) is 9.91 Å². The van der Waals surface area contributed by atoms with E-state index in [-0.39, 0.29) is 5.13 Å². The van der Waals surface area contributed by atoms with Crippen LogP contribution in [-0.4, -0.2) is 39.1 Å². The number of carbonyl (C=O) groups is 3. The number of nitro groups is 1. The third kappa shape index (κ3) is 3.68. The Morgan fingerprint density at radius 2 is 2.17 bits per heavy atom. The molecule has 0 saturated carbocycles. The maximum Gasteiger partial charge on any atom is 0.376 e. The van der Waals surface area contributed by atoms with Crippen LogP contribution in [0.15, 0.2) is 5.38 Å². The van der Waals surface area contributed by atoms with Crippen molar-refractivity contribution >= 4 is 39.8 Å². The zero-order valence-electron chi connectivity index (χ0n) is 8.78. The largest absolute Gasteiger partial charge is 0.389 e. The Balaban J connectivity index is 2.61. The van der Waals surface area contributed by atoms with Crippen LogP contribution in [0.1, 0.15) is 6.42 Å². The standard InChI is InChI=1S/C8H7N3O6S/c12-2-4(13)1-5(14)7(15)10-8-9-6(3-18-8)11(16)17/h3,12H,1-2H2,(H,9,10,15). The van der Waals surface area contributed by atoms with Gasteiger partial charge in [-0.1, -0.05) is 11.3 Å². The molecule has 0 fully saturated rings. The number of nitrogens with zero attached hydrogens (tertiary/aromatic N) is 2. The van der Waals surface area contributed by atoms with E-state index in [0.717, 1.165) is 16.7 Å². The minimum absolute atomic E-state index is 0.114. The molecule has 1 amide bonds. The molecule has 2 N–H and O–H groups in total. The number of aliphatic hydroxyl groups excluding tert-OH is 1. The Morgan fingerprint density at radius 1 is 1.50 bits per heavy atom. The number of ketones is 2. The van der Waals surface area contributed by atoms with E-state index in [1.165, 1.54) is 0 Å². The van der Waals surface area contributed by atoms with Crippen LogP contribution in [0.3, 0.4) is 0 Å². The molecular weight excluding hydrogens is 266 g/mol. The lowest BCUT2D eigenvalue weighted by atomic mass is 10.2. The number of carbonyl (C=O) groups excluding carboxylic acids is 3. The van der Waals surface area contributed by atoms with E-state index < -0.39 is 41.2 Å². The van der Waals surface area contributed by atoms with E-state index in [4.69, 9.17) is 5.11 Å². The monoisotopic (exact) mass is 273 g/mol. The molecule has 0 aromatic carbocycles. The molecule has 9 nitrogen and oxygen atoms in total. The van der Waals surface area contributed by atoms with Gasteiger partial charge < -0.3 is 15.2 Å².